The van der Waals surface area contributed by atoms with Crippen LogP contribution in [0.2, 0.25) is 0 Å². The lowest BCUT2D eigenvalue weighted by Gasteiger charge is -2.19. The summed E-state index contributed by atoms with van der Waals surface area (Å²) < 4.78 is 1.94. The molecular formula is C16H20N2O. The van der Waals surface area contributed by atoms with E-state index in [2.05, 4.69) is 36.3 Å². The molecule has 0 spiro atoms. The fraction of sp³-hybridized carbons (Fsp3) is 0.438. The van der Waals surface area contributed by atoms with E-state index in [1.165, 1.54) is 11.1 Å². The number of fused-ring (bicyclic) bond motifs is 1. The summed E-state index contributed by atoms with van der Waals surface area (Å²) in [7, 11) is 0. The van der Waals surface area contributed by atoms with Crippen LogP contribution in [0.4, 0.5) is 0 Å². The van der Waals surface area contributed by atoms with Gasteiger partial charge in [0, 0.05) is 12.7 Å². The van der Waals surface area contributed by atoms with Gasteiger partial charge in [0.1, 0.15) is 0 Å². The third-order valence-corrected chi connectivity index (χ3v) is 4.02. The van der Waals surface area contributed by atoms with E-state index in [9.17, 15) is 5.11 Å². The highest BCUT2D eigenvalue weighted by Crippen LogP contribution is 2.35. The highest BCUT2D eigenvalue weighted by molar-refractivity contribution is 5.33. The molecular weight excluding hydrogens is 236 g/mol. The maximum Gasteiger partial charge on any atom is 0.0991 e. The van der Waals surface area contributed by atoms with Crippen molar-refractivity contribution in [3.8, 4) is 0 Å². The average Bonchev–Trinajstić information content (AvgIpc) is 3.04. The van der Waals surface area contributed by atoms with Crippen LogP contribution in [0.1, 0.15) is 36.3 Å². The monoisotopic (exact) mass is 256 g/mol. The van der Waals surface area contributed by atoms with Crippen molar-refractivity contribution in [1.29, 1.82) is 0 Å². The van der Waals surface area contributed by atoms with Gasteiger partial charge in [-0.1, -0.05) is 31.2 Å². The quantitative estimate of drug-likeness (QED) is 0.913. The Morgan fingerprint density at radius 1 is 1.26 bits per heavy atom. The molecule has 0 saturated carbocycles. The topological polar surface area (TPSA) is 38.0 Å². The Morgan fingerprint density at radius 3 is 2.58 bits per heavy atom. The number of nitrogens with zero attached hydrogens (tertiary/aromatic N) is 2. The van der Waals surface area contributed by atoms with Crippen molar-refractivity contribution < 1.29 is 5.11 Å². The molecule has 1 aromatic heterocycles. The maximum absolute atomic E-state index is 10.6. The lowest BCUT2D eigenvalue weighted by atomic mass is 9.96. The van der Waals surface area contributed by atoms with Crippen molar-refractivity contribution in [3.63, 3.8) is 0 Å². The van der Waals surface area contributed by atoms with Crippen molar-refractivity contribution >= 4 is 0 Å². The first-order valence-electron chi connectivity index (χ1n) is 7.06. The van der Waals surface area contributed by atoms with E-state index in [4.69, 9.17) is 0 Å². The Bertz CT molecular complexity index is 536. The second kappa shape index (κ2) is 5.17. The third-order valence-electron chi connectivity index (χ3n) is 4.02. The molecule has 0 aliphatic heterocycles. The molecule has 0 amide bonds. The minimum Gasteiger partial charge on any atom is -0.387 e. The standard InChI is InChI=1S/C16H20N2O/c1-2-9-18-15(7-8-17-18)16(19)14-10-12-5-3-4-6-13(12)11-14/h3-8,14,16,19H,2,9-11H2,1H3. The predicted octanol–water partition coefficient (Wildman–Crippen LogP) is 2.74. The summed E-state index contributed by atoms with van der Waals surface area (Å²) in [5.41, 5.74) is 3.72. The number of aromatic nitrogens is 2. The van der Waals surface area contributed by atoms with Crippen molar-refractivity contribution in [2.45, 2.75) is 38.8 Å². The van der Waals surface area contributed by atoms with Crippen LogP contribution in [-0.2, 0) is 19.4 Å². The largest absolute Gasteiger partial charge is 0.387 e. The van der Waals surface area contributed by atoms with E-state index < -0.39 is 6.10 Å². The molecule has 1 unspecified atom stereocenters. The molecule has 3 rings (SSSR count). The summed E-state index contributed by atoms with van der Waals surface area (Å²) in [4.78, 5) is 0. The van der Waals surface area contributed by atoms with Gasteiger partial charge in [0.05, 0.1) is 11.8 Å². The summed E-state index contributed by atoms with van der Waals surface area (Å²) >= 11 is 0. The van der Waals surface area contributed by atoms with Crippen LogP contribution < -0.4 is 0 Å². The van der Waals surface area contributed by atoms with Gasteiger partial charge < -0.3 is 5.11 Å². The number of benzene rings is 1. The van der Waals surface area contributed by atoms with E-state index in [0.29, 0.717) is 0 Å². The van der Waals surface area contributed by atoms with Gasteiger partial charge in [-0.2, -0.15) is 5.10 Å². The van der Waals surface area contributed by atoms with Crippen LogP contribution in [0, 0.1) is 5.92 Å². The van der Waals surface area contributed by atoms with Gasteiger partial charge in [-0.15, -0.1) is 0 Å². The zero-order chi connectivity index (χ0) is 13.2. The zero-order valence-electron chi connectivity index (χ0n) is 11.3. The number of aliphatic hydroxyl groups is 1. The first kappa shape index (κ1) is 12.4. The Morgan fingerprint density at radius 2 is 1.95 bits per heavy atom. The molecule has 0 fully saturated rings. The van der Waals surface area contributed by atoms with Gasteiger partial charge in [-0.3, -0.25) is 4.68 Å². The number of aliphatic hydroxyl groups excluding tert-OH is 1. The lowest BCUT2D eigenvalue weighted by molar-refractivity contribution is 0.104. The molecule has 0 radical (unpaired) electrons. The molecule has 3 nitrogen and oxygen atoms in total. The van der Waals surface area contributed by atoms with Gasteiger partial charge in [0.2, 0.25) is 0 Å². The number of hydrogen-bond acceptors (Lipinski definition) is 2. The maximum atomic E-state index is 10.6. The molecule has 100 valence electrons. The third kappa shape index (κ3) is 2.30. The summed E-state index contributed by atoms with van der Waals surface area (Å²) in [5, 5.41) is 14.9. The van der Waals surface area contributed by atoms with Crippen LogP contribution in [0.3, 0.4) is 0 Å². The van der Waals surface area contributed by atoms with Gasteiger partial charge in [-0.05, 0) is 42.4 Å². The predicted molar refractivity (Wildman–Crippen MR) is 74.8 cm³/mol. The van der Waals surface area contributed by atoms with Crippen molar-refractivity contribution in [3.05, 3.63) is 53.3 Å². The van der Waals surface area contributed by atoms with Crippen LogP contribution >= 0.6 is 0 Å². The Labute approximate surface area is 113 Å². The van der Waals surface area contributed by atoms with E-state index >= 15 is 0 Å². The molecule has 3 heteroatoms. The molecule has 1 aliphatic carbocycles. The highest BCUT2D eigenvalue weighted by atomic mass is 16.3. The summed E-state index contributed by atoms with van der Waals surface area (Å²) in [6.45, 7) is 3.00. The summed E-state index contributed by atoms with van der Waals surface area (Å²) in [5.74, 6) is 0.282. The Hall–Kier alpha value is -1.61. The Balaban J connectivity index is 1.79. The average molecular weight is 256 g/mol. The molecule has 1 aromatic carbocycles. The summed E-state index contributed by atoms with van der Waals surface area (Å²) in [6.07, 6.45) is 4.34. The lowest BCUT2D eigenvalue weighted by Crippen LogP contribution is -2.17. The second-order valence-electron chi connectivity index (χ2n) is 5.36. The minimum atomic E-state index is -0.415. The molecule has 0 saturated heterocycles. The van der Waals surface area contributed by atoms with Gasteiger partial charge in [0.25, 0.3) is 0 Å². The van der Waals surface area contributed by atoms with Gasteiger partial charge in [0.15, 0.2) is 0 Å². The first-order valence-corrected chi connectivity index (χ1v) is 7.06. The highest BCUT2D eigenvalue weighted by Gasteiger charge is 2.29. The molecule has 19 heavy (non-hydrogen) atoms. The SMILES string of the molecule is CCCn1nccc1C(O)C1Cc2ccccc2C1. The Kier molecular flexibility index (Phi) is 3.38. The van der Waals surface area contributed by atoms with Crippen LogP contribution in [0.5, 0.6) is 0 Å². The zero-order valence-corrected chi connectivity index (χ0v) is 11.3. The van der Waals surface area contributed by atoms with E-state index in [0.717, 1.165) is 31.5 Å². The first-order chi connectivity index (χ1) is 9.29. The molecule has 1 aliphatic rings. The van der Waals surface area contributed by atoms with Crippen LogP contribution in [0.25, 0.3) is 0 Å². The molecule has 1 atom stereocenters. The number of rotatable bonds is 4. The molecule has 2 aromatic rings. The number of aryl methyl sites for hydroxylation is 1. The van der Waals surface area contributed by atoms with Gasteiger partial charge >= 0.3 is 0 Å². The van der Waals surface area contributed by atoms with Crippen LogP contribution in [0.15, 0.2) is 36.5 Å². The fourth-order valence-electron chi connectivity index (χ4n) is 3.05. The van der Waals surface area contributed by atoms with E-state index in [-0.39, 0.29) is 5.92 Å². The van der Waals surface area contributed by atoms with Crippen molar-refractivity contribution in [2.75, 3.05) is 0 Å². The van der Waals surface area contributed by atoms with E-state index in [1.54, 1.807) is 6.20 Å². The minimum absolute atomic E-state index is 0.282. The van der Waals surface area contributed by atoms with E-state index in [1.807, 2.05) is 10.7 Å². The van der Waals surface area contributed by atoms with Gasteiger partial charge in [-0.25, -0.2) is 0 Å². The molecule has 1 heterocycles. The van der Waals surface area contributed by atoms with Crippen molar-refractivity contribution in [1.82, 2.24) is 9.78 Å². The van der Waals surface area contributed by atoms with Crippen LogP contribution in [-0.4, -0.2) is 14.9 Å². The molecule has 0 bridgehead atoms. The fourth-order valence-corrected chi connectivity index (χ4v) is 3.05. The second-order valence-corrected chi connectivity index (χ2v) is 5.36. The number of hydrogen-bond donors (Lipinski definition) is 1. The molecule has 1 N–H and O–H groups in total. The normalized spacial score (nSPS) is 16.5. The smallest absolute Gasteiger partial charge is 0.0991 e. The summed E-state index contributed by atoms with van der Waals surface area (Å²) in [6, 6.07) is 10.4. The van der Waals surface area contributed by atoms with Crippen molar-refractivity contribution in [2.24, 2.45) is 5.92 Å².